The molecule has 0 saturated heterocycles. The molecule has 0 atom stereocenters. The van der Waals surface area contributed by atoms with Gasteiger partial charge in [-0.05, 0) is 48.4 Å². The lowest BCUT2D eigenvalue weighted by Gasteiger charge is -2.09. The van der Waals surface area contributed by atoms with Crippen LogP contribution in [-0.4, -0.2) is 19.6 Å². The second-order valence-electron chi connectivity index (χ2n) is 5.16. The third kappa shape index (κ3) is 5.27. The average molecular weight is 357 g/mol. The Kier molecular flexibility index (Phi) is 6.44. The van der Waals surface area contributed by atoms with Crippen LogP contribution < -0.4 is 14.8 Å². The van der Waals surface area contributed by atoms with Crippen LogP contribution >= 0.6 is 11.6 Å². The second-order valence-corrected chi connectivity index (χ2v) is 5.57. The molecule has 0 aliphatic heterocycles. The van der Waals surface area contributed by atoms with Crippen LogP contribution in [0.4, 0.5) is 5.69 Å². The van der Waals surface area contributed by atoms with Crippen molar-refractivity contribution in [2.24, 2.45) is 0 Å². The first-order valence-electron chi connectivity index (χ1n) is 7.46. The fraction of sp³-hybridized carbons (Fsp3) is 0.158. The normalized spacial score (nSPS) is 10.3. The highest BCUT2D eigenvalue weighted by molar-refractivity contribution is 6.33. The van der Waals surface area contributed by atoms with Gasteiger partial charge in [-0.1, -0.05) is 23.7 Å². The van der Waals surface area contributed by atoms with Gasteiger partial charge in [0.25, 0.3) is 0 Å². The first-order valence-corrected chi connectivity index (χ1v) is 7.84. The summed E-state index contributed by atoms with van der Waals surface area (Å²) in [5.41, 5.74) is 2.33. The van der Waals surface area contributed by atoms with Crippen molar-refractivity contribution < 1.29 is 14.3 Å². The Morgan fingerprint density at radius 2 is 2.08 bits per heavy atom. The molecular formula is C19H17ClN2O3. The monoisotopic (exact) mass is 356 g/mol. The molecule has 0 fully saturated rings. The highest BCUT2D eigenvalue weighted by Crippen LogP contribution is 2.28. The Hall–Kier alpha value is -2.97. The van der Waals surface area contributed by atoms with E-state index < -0.39 is 0 Å². The van der Waals surface area contributed by atoms with E-state index in [9.17, 15) is 4.79 Å². The van der Waals surface area contributed by atoms with Crippen LogP contribution in [0.3, 0.4) is 0 Å². The van der Waals surface area contributed by atoms with E-state index in [1.165, 1.54) is 13.2 Å². The number of hydrogen-bond donors (Lipinski definition) is 1. The fourth-order valence-electron chi connectivity index (χ4n) is 2.08. The van der Waals surface area contributed by atoms with Crippen LogP contribution in [0, 0.1) is 18.3 Å². The number of ether oxygens (including phenoxy) is 2. The van der Waals surface area contributed by atoms with Crippen molar-refractivity contribution in [1.82, 2.24) is 0 Å². The number of nitrogens with one attached hydrogen (secondary N) is 1. The lowest BCUT2D eigenvalue weighted by molar-refractivity contribution is -0.111. The maximum Gasteiger partial charge on any atom is 0.248 e. The number of amides is 1. The summed E-state index contributed by atoms with van der Waals surface area (Å²) in [6.45, 7) is 1.86. The van der Waals surface area contributed by atoms with E-state index in [-0.39, 0.29) is 12.5 Å². The molecule has 5 nitrogen and oxygen atoms in total. The van der Waals surface area contributed by atoms with Gasteiger partial charge in [-0.3, -0.25) is 4.79 Å². The van der Waals surface area contributed by atoms with Crippen LogP contribution in [0.1, 0.15) is 11.1 Å². The minimum atomic E-state index is -0.297. The number of carbonyl (C=O) groups is 1. The van der Waals surface area contributed by atoms with Gasteiger partial charge in [0.15, 0.2) is 18.1 Å². The molecule has 6 heteroatoms. The van der Waals surface area contributed by atoms with E-state index in [1.807, 2.05) is 19.1 Å². The molecule has 0 aromatic heterocycles. The fourth-order valence-corrected chi connectivity index (χ4v) is 2.37. The van der Waals surface area contributed by atoms with Gasteiger partial charge in [0.2, 0.25) is 5.91 Å². The Balaban J connectivity index is 2.07. The van der Waals surface area contributed by atoms with Gasteiger partial charge in [-0.25, -0.2) is 0 Å². The molecule has 0 saturated carbocycles. The summed E-state index contributed by atoms with van der Waals surface area (Å²) in [6, 6.07) is 12.5. The molecule has 0 radical (unpaired) electrons. The quantitative estimate of drug-likeness (QED) is 0.787. The highest BCUT2D eigenvalue weighted by Gasteiger charge is 2.06. The van der Waals surface area contributed by atoms with E-state index in [4.69, 9.17) is 26.3 Å². The van der Waals surface area contributed by atoms with E-state index in [1.54, 1.807) is 36.4 Å². The molecule has 0 heterocycles. The third-order valence-electron chi connectivity index (χ3n) is 3.29. The zero-order valence-corrected chi connectivity index (χ0v) is 14.6. The number of halogens is 1. The molecule has 0 unspecified atom stereocenters. The van der Waals surface area contributed by atoms with Crippen molar-refractivity contribution in [2.75, 3.05) is 19.0 Å². The maximum atomic E-state index is 12.0. The summed E-state index contributed by atoms with van der Waals surface area (Å²) in [5.74, 6) is 0.658. The average Bonchev–Trinajstić information content (AvgIpc) is 2.60. The lowest BCUT2D eigenvalue weighted by Crippen LogP contribution is -2.08. The first kappa shape index (κ1) is 18.4. The molecule has 1 N–H and O–H groups in total. The van der Waals surface area contributed by atoms with Gasteiger partial charge in [0, 0.05) is 6.08 Å². The summed E-state index contributed by atoms with van der Waals surface area (Å²) in [7, 11) is 1.51. The number of nitrogens with zero attached hydrogens (tertiary/aromatic N) is 1. The van der Waals surface area contributed by atoms with Crippen LogP contribution in [0.15, 0.2) is 42.5 Å². The number of methoxy groups -OCH3 is 1. The first-order chi connectivity index (χ1) is 12.0. The zero-order chi connectivity index (χ0) is 18.2. The van der Waals surface area contributed by atoms with Crippen molar-refractivity contribution >= 4 is 29.3 Å². The Labute approximate surface area is 151 Å². The minimum Gasteiger partial charge on any atom is -0.493 e. The number of anilines is 1. The van der Waals surface area contributed by atoms with Crippen LogP contribution in [-0.2, 0) is 4.79 Å². The third-order valence-corrected chi connectivity index (χ3v) is 3.60. The van der Waals surface area contributed by atoms with E-state index in [2.05, 4.69) is 5.32 Å². The van der Waals surface area contributed by atoms with Gasteiger partial charge >= 0.3 is 0 Å². The van der Waals surface area contributed by atoms with Gasteiger partial charge < -0.3 is 14.8 Å². The van der Waals surface area contributed by atoms with Gasteiger partial charge in [0.1, 0.15) is 6.07 Å². The van der Waals surface area contributed by atoms with Crippen LogP contribution in [0.25, 0.3) is 6.08 Å². The number of benzene rings is 2. The molecule has 128 valence electrons. The molecular weight excluding hydrogens is 340 g/mol. The summed E-state index contributed by atoms with van der Waals surface area (Å²) in [6.07, 6.45) is 3.05. The van der Waals surface area contributed by atoms with Crippen LogP contribution in [0.5, 0.6) is 11.5 Å². The largest absolute Gasteiger partial charge is 0.493 e. The SMILES string of the molecule is COc1cc(/C=C/C(=O)Nc2ccc(C)cc2Cl)ccc1OCC#N. The molecule has 0 bridgehead atoms. The van der Waals surface area contributed by atoms with Crippen molar-refractivity contribution in [1.29, 1.82) is 5.26 Å². The number of carbonyl (C=O) groups excluding carboxylic acids is 1. The topological polar surface area (TPSA) is 71.3 Å². The van der Waals surface area contributed by atoms with Crippen molar-refractivity contribution in [3.8, 4) is 17.6 Å². The smallest absolute Gasteiger partial charge is 0.248 e. The Morgan fingerprint density at radius 1 is 1.28 bits per heavy atom. The van der Waals surface area contributed by atoms with Crippen molar-refractivity contribution in [2.45, 2.75) is 6.92 Å². The van der Waals surface area contributed by atoms with Crippen molar-refractivity contribution in [3.05, 3.63) is 58.6 Å². The maximum absolute atomic E-state index is 12.0. The molecule has 1 amide bonds. The standard InChI is InChI=1S/C19H17ClN2O3/c1-13-3-6-16(15(20)11-13)22-19(23)8-5-14-4-7-17(25-10-9-21)18(12-14)24-2/h3-8,11-12H,10H2,1-2H3,(H,22,23)/b8-5+. The molecule has 0 aliphatic carbocycles. The molecule has 0 aliphatic rings. The predicted molar refractivity (Wildman–Crippen MR) is 98.0 cm³/mol. The number of nitriles is 1. The summed E-state index contributed by atoms with van der Waals surface area (Å²) < 4.78 is 10.5. The summed E-state index contributed by atoms with van der Waals surface area (Å²) in [5, 5.41) is 11.8. The van der Waals surface area contributed by atoms with Gasteiger partial charge in [-0.2, -0.15) is 5.26 Å². The zero-order valence-electron chi connectivity index (χ0n) is 13.9. The number of rotatable bonds is 6. The van der Waals surface area contributed by atoms with E-state index >= 15 is 0 Å². The number of hydrogen-bond acceptors (Lipinski definition) is 4. The molecule has 25 heavy (non-hydrogen) atoms. The number of aryl methyl sites for hydroxylation is 1. The van der Waals surface area contributed by atoms with Gasteiger partial charge in [0.05, 0.1) is 17.8 Å². The van der Waals surface area contributed by atoms with Gasteiger partial charge in [-0.15, -0.1) is 0 Å². The summed E-state index contributed by atoms with van der Waals surface area (Å²) in [4.78, 5) is 12.0. The highest BCUT2D eigenvalue weighted by atomic mass is 35.5. The van der Waals surface area contributed by atoms with E-state index in [0.29, 0.717) is 22.2 Å². The predicted octanol–water partition coefficient (Wildman–Crippen LogP) is 4.21. The Bertz CT molecular complexity index is 841. The van der Waals surface area contributed by atoms with E-state index in [0.717, 1.165) is 11.1 Å². The summed E-state index contributed by atoms with van der Waals surface area (Å²) >= 11 is 6.10. The molecule has 2 rings (SSSR count). The minimum absolute atomic E-state index is 0.0642. The van der Waals surface area contributed by atoms with Crippen molar-refractivity contribution in [3.63, 3.8) is 0 Å². The molecule has 2 aromatic carbocycles. The Morgan fingerprint density at radius 3 is 2.76 bits per heavy atom. The molecule has 0 spiro atoms. The van der Waals surface area contributed by atoms with Crippen LogP contribution in [0.2, 0.25) is 5.02 Å². The molecule has 2 aromatic rings. The lowest BCUT2D eigenvalue weighted by atomic mass is 10.2. The second kappa shape index (κ2) is 8.76.